The first-order chi connectivity index (χ1) is 8.50. The second kappa shape index (κ2) is 5.53. The Balaban J connectivity index is 2.05. The van der Waals surface area contributed by atoms with E-state index in [9.17, 15) is 0 Å². The molecule has 5 heteroatoms. The Bertz CT molecular complexity index is 381. The number of rotatable bonds is 3. The van der Waals surface area contributed by atoms with E-state index in [-0.39, 0.29) is 5.41 Å². The van der Waals surface area contributed by atoms with Gasteiger partial charge in [-0.15, -0.1) is 0 Å². The van der Waals surface area contributed by atoms with Gasteiger partial charge in [-0.3, -0.25) is 0 Å². The van der Waals surface area contributed by atoms with E-state index in [0.717, 1.165) is 36.5 Å². The van der Waals surface area contributed by atoms with Crippen molar-refractivity contribution in [3.05, 3.63) is 5.82 Å². The number of nitrogens with zero attached hydrogens (tertiary/aromatic N) is 3. The average molecular weight is 268 g/mol. The first kappa shape index (κ1) is 13.7. The van der Waals surface area contributed by atoms with Crippen molar-refractivity contribution in [3.63, 3.8) is 0 Å². The summed E-state index contributed by atoms with van der Waals surface area (Å²) in [6.07, 6.45) is 2.58. The van der Waals surface area contributed by atoms with Crippen molar-refractivity contribution >= 4 is 16.7 Å². The predicted octanol–water partition coefficient (Wildman–Crippen LogP) is 2.27. The largest absolute Gasteiger partial charge is 0.347 e. The first-order valence-corrected chi connectivity index (χ1v) is 7.52. The number of hydrogen-bond acceptors (Lipinski definition) is 5. The highest BCUT2D eigenvalue weighted by atomic mass is 32.1. The number of anilines is 1. The summed E-state index contributed by atoms with van der Waals surface area (Å²) in [6, 6.07) is 0. The quantitative estimate of drug-likeness (QED) is 0.913. The Morgan fingerprint density at radius 3 is 2.83 bits per heavy atom. The molecule has 1 atom stereocenters. The molecule has 0 amide bonds. The summed E-state index contributed by atoms with van der Waals surface area (Å²) in [6.45, 7) is 9.83. The lowest BCUT2D eigenvalue weighted by Gasteiger charge is -2.32. The fourth-order valence-electron chi connectivity index (χ4n) is 2.34. The molecule has 18 heavy (non-hydrogen) atoms. The number of aromatic nitrogens is 2. The molecular formula is C13H24N4S. The zero-order chi connectivity index (χ0) is 13.2. The molecule has 102 valence electrons. The van der Waals surface area contributed by atoms with Crippen molar-refractivity contribution < 1.29 is 0 Å². The topological polar surface area (TPSA) is 41.0 Å². The maximum Gasteiger partial charge on any atom is 0.205 e. The number of piperidine rings is 1. The summed E-state index contributed by atoms with van der Waals surface area (Å²) >= 11 is 1.55. The molecule has 1 aromatic heterocycles. The fourth-order valence-corrected chi connectivity index (χ4v) is 3.23. The SMILES string of the molecule is CNCC1CCCN(c2nc(C(C)(C)C)ns2)C1. The molecule has 1 saturated heterocycles. The normalized spacial score (nSPS) is 21.3. The van der Waals surface area contributed by atoms with Crippen LogP contribution in [0.4, 0.5) is 5.13 Å². The van der Waals surface area contributed by atoms with Crippen LogP contribution in [0.25, 0.3) is 0 Å². The molecule has 1 fully saturated rings. The lowest BCUT2D eigenvalue weighted by molar-refractivity contribution is 0.402. The molecule has 0 spiro atoms. The molecule has 1 unspecified atom stereocenters. The number of hydrogen-bond donors (Lipinski definition) is 1. The summed E-state index contributed by atoms with van der Waals surface area (Å²) in [5.41, 5.74) is 0.0505. The minimum atomic E-state index is 0.0505. The van der Waals surface area contributed by atoms with Crippen LogP contribution in [0.15, 0.2) is 0 Å². The zero-order valence-corrected chi connectivity index (χ0v) is 12.7. The highest BCUT2D eigenvalue weighted by Crippen LogP contribution is 2.28. The van der Waals surface area contributed by atoms with E-state index in [1.807, 2.05) is 7.05 Å². The molecule has 1 aromatic rings. The molecule has 2 heterocycles. The summed E-state index contributed by atoms with van der Waals surface area (Å²) in [4.78, 5) is 7.11. The molecule has 4 nitrogen and oxygen atoms in total. The smallest absolute Gasteiger partial charge is 0.205 e. The zero-order valence-electron chi connectivity index (χ0n) is 11.9. The van der Waals surface area contributed by atoms with Crippen LogP contribution in [-0.2, 0) is 5.41 Å². The molecule has 0 saturated carbocycles. The van der Waals surface area contributed by atoms with Gasteiger partial charge < -0.3 is 10.2 Å². The Labute approximate surface area is 114 Å². The average Bonchev–Trinajstić information content (AvgIpc) is 2.78. The lowest BCUT2D eigenvalue weighted by atomic mass is 9.96. The van der Waals surface area contributed by atoms with Crippen LogP contribution in [-0.4, -0.2) is 36.0 Å². The van der Waals surface area contributed by atoms with Crippen molar-refractivity contribution in [1.29, 1.82) is 0 Å². The van der Waals surface area contributed by atoms with Crippen molar-refractivity contribution in [2.24, 2.45) is 5.92 Å². The van der Waals surface area contributed by atoms with Crippen LogP contribution in [0.3, 0.4) is 0 Å². The Hall–Kier alpha value is -0.680. The highest BCUT2D eigenvalue weighted by molar-refractivity contribution is 7.09. The monoisotopic (exact) mass is 268 g/mol. The van der Waals surface area contributed by atoms with Gasteiger partial charge >= 0.3 is 0 Å². The summed E-state index contributed by atoms with van der Waals surface area (Å²) in [5, 5.41) is 4.38. The Kier molecular flexibility index (Phi) is 4.22. The summed E-state index contributed by atoms with van der Waals surface area (Å²) in [5.74, 6) is 1.71. The van der Waals surface area contributed by atoms with E-state index < -0.39 is 0 Å². The van der Waals surface area contributed by atoms with Crippen LogP contribution >= 0.6 is 11.5 Å². The second-order valence-corrected chi connectivity index (χ2v) is 6.89. The highest BCUT2D eigenvalue weighted by Gasteiger charge is 2.25. The lowest BCUT2D eigenvalue weighted by Crippen LogP contribution is -2.39. The minimum Gasteiger partial charge on any atom is -0.347 e. The molecule has 1 aliphatic heterocycles. The standard InChI is InChI=1S/C13H24N4S/c1-13(2,3)11-15-12(18-16-11)17-7-5-6-10(9-17)8-14-4/h10,14H,5-9H2,1-4H3. The van der Waals surface area contributed by atoms with Crippen LogP contribution in [0, 0.1) is 5.92 Å². The Morgan fingerprint density at radius 2 is 2.22 bits per heavy atom. The van der Waals surface area contributed by atoms with Gasteiger partial charge in [0.05, 0.1) is 0 Å². The van der Waals surface area contributed by atoms with Gasteiger partial charge in [-0.05, 0) is 32.4 Å². The molecule has 0 radical (unpaired) electrons. The van der Waals surface area contributed by atoms with Crippen LogP contribution < -0.4 is 10.2 Å². The van der Waals surface area contributed by atoms with Crippen molar-refractivity contribution in [2.45, 2.75) is 39.0 Å². The maximum atomic E-state index is 4.71. The van der Waals surface area contributed by atoms with Gasteiger partial charge in [0.15, 0.2) is 0 Å². The molecule has 1 N–H and O–H groups in total. The van der Waals surface area contributed by atoms with Crippen molar-refractivity contribution in [2.75, 3.05) is 31.6 Å². The molecule has 0 aliphatic carbocycles. The second-order valence-electron chi connectivity index (χ2n) is 6.16. The van der Waals surface area contributed by atoms with Gasteiger partial charge in [-0.1, -0.05) is 20.8 Å². The molecule has 0 aromatic carbocycles. The third kappa shape index (κ3) is 3.20. The van der Waals surface area contributed by atoms with Gasteiger partial charge in [0.25, 0.3) is 0 Å². The first-order valence-electron chi connectivity index (χ1n) is 6.74. The van der Waals surface area contributed by atoms with E-state index in [1.54, 1.807) is 11.5 Å². The van der Waals surface area contributed by atoms with Gasteiger partial charge in [-0.25, -0.2) is 4.98 Å². The molecule has 2 rings (SSSR count). The van der Waals surface area contributed by atoms with E-state index in [4.69, 9.17) is 4.98 Å². The van der Waals surface area contributed by atoms with Gasteiger partial charge in [0, 0.05) is 30.0 Å². The van der Waals surface area contributed by atoms with Crippen molar-refractivity contribution in [3.8, 4) is 0 Å². The molecule has 1 aliphatic rings. The number of nitrogens with one attached hydrogen (secondary N) is 1. The summed E-state index contributed by atoms with van der Waals surface area (Å²) < 4.78 is 4.51. The van der Waals surface area contributed by atoms with Crippen molar-refractivity contribution in [1.82, 2.24) is 14.7 Å². The van der Waals surface area contributed by atoms with Gasteiger partial charge in [0.2, 0.25) is 5.13 Å². The van der Waals surface area contributed by atoms with E-state index in [0.29, 0.717) is 0 Å². The third-order valence-electron chi connectivity index (χ3n) is 3.37. The summed E-state index contributed by atoms with van der Waals surface area (Å²) in [7, 11) is 2.03. The van der Waals surface area contributed by atoms with E-state index in [2.05, 4.69) is 35.4 Å². The van der Waals surface area contributed by atoms with Gasteiger partial charge in [-0.2, -0.15) is 4.37 Å². The third-order valence-corrected chi connectivity index (χ3v) is 4.15. The van der Waals surface area contributed by atoms with E-state index in [1.165, 1.54) is 12.8 Å². The van der Waals surface area contributed by atoms with Crippen LogP contribution in [0.1, 0.15) is 39.4 Å². The predicted molar refractivity (Wildman–Crippen MR) is 77.5 cm³/mol. The fraction of sp³-hybridized carbons (Fsp3) is 0.846. The molecular weight excluding hydrogens is 244 g/mol. The van der Waals surface area contributed by atoms with E-state index >= 15 is 0 Å². The van der Waals surface area contributed by atoms with Crippen LogP contribution in [0.5, 0.6) is 0 Å². The van der Waals surface area contributed by atoms with Gasteiger partial charge in [0.1, 0.15) is 5.82 Å². The Morgan fingerprint density at radius 1 is 1.44 bits per heavy atom. The maximum absolute atomic E-state index is 4.71. The minimum absolute atomic E-state index is 0.0505. The molecule has 0 bridgehead atoms. The van der Waals surface area contributed by atoms with Crippen LogP contribution in [0.2, 0.25) is 0 Å².